The predicted octanol–water partition coefficient (Wildman–Crippen LogP) is 6.24. The highest BCUT2D eigenvalue weighted by Crippen LogP contribution is 2.29. The number of hydrogen-bond acceptors (Lipinski definition) is 3. The molecule has 0 amide bonds. The van der Waals surface area contributed by atoms with Crippen molar-refractivity contribution in [3.8, 4) is 5.69 Å². The van der Waals surface area contributed by atoms with Gasteiger partial charge in [-0.3, -0.25) is 14.2 Å². The number of rotatable bonds is 8. The van der Waals surface area contributed by atoms with Gasteiger partial charge in [0.25, 0.3) is 0 Å². The Morgan fingerprint density at radius 2 is 1.87 bits per heavy atom. The zero-order valence-corrected chi connectivity index (χ0v) is 18.3. The molecule has 162 valence electrons. The Bertz CT molecular complexity index is 1100. The van der Waals surface area contributed by atoms with Crippen LogP contribution in [0.15, 0.2) is 42.5 Å². The molecule has 1 N–H and O–H groups in total. The summed E-state index contributed by atoms with van der Waals surface area (Å²) in [7, 11) is 0. The molecular weight excluding hydrogens is 412 g/mol. The molecule has 1 aromatic heterocycles. The standard InChI is InChI=1S/C25H27ClN2O3/c26-19-7-4-8-20(16-19)28-22-11-10-18(15-21(22)27-24(28)13-14-25(30)31)23(29)12-9-17-5-2-1-3-6-17/h4,7-8,10-11,15-17H,1-3,5-6,9,12-14H2,(H,30,31). The summed E-state index contributed by atoms with van der Waals surface area (Å²) in [6.07, 6.45) is 8.16. The SMILES string of the molecule is O=C(O)CCc1nc2cc(C(=O)CCC3CCCCC3)ccc2n1-c1cccc(Cl)c1. The Labute approximate surface area is 187 Å². The summed E-state index contributed by atoms with van der Waals surface area (Å²) in [5, 5.41) is 9.73. The van der Waals surface area contributed by atoms with Crippen molar-refractivity contribution >= 4 is 34.4 Å². The molecule has 1 fully saturated rings. The molecule has 1 aliphatic rings. The van der Waals surface area contributed by atoms with Gasteiger partial charge in [-0.1, -0.05) is 49.8 Å². The van der Waals surface area contributed by atoms with E-state index in [-0.39, 0.29) is 12.2 Å². The first-order chi connectivity index (χ1) is 15.0. The van der Waals surface area contributed by atoms with Crippen LogP contribution in [0.1, 0.15) is 67.5 Å². The lowest BCUT2D eigenvalue weighted by Gasteiger charge is -2.20. The molecule has 0 radical (unpaired) electrons. The fourth-order valence-corrected chi connectivity index (χ4v) is 4.73. The zero-order chi connectivity index (χ0) is 21.8. The van der Waals surface area contributed by atoms with E-state index in [1.54, 1.807) is 6.07 Å². The second kappa shape index (κ2) is 9.65. The fraction of sp³-hybridized carbons (Fsp3) is 0.400. The molecule has 1 heterocycles. The summed E-state index contributed by atoms with van der Waals surface area (Å²) in [6.45, 7) is 0. The minimum Gasteiger partial charge on any atom is -0.481 e. The number of benzene rings is 2. The van der Waals surface area contributed by atoms with Gasteiger partial charge in [0.15, 0.2) is 5.78 Å². The number of Topliss-reactive ketones (excluding diaryl/α,β-unsaturated/α-hetero) is 1. The van der Waals surface area contributed by atoms with Crippen LogP contribution in [-0.2, 0) is 11.2 Å². The van der Waals surface area contributed by atoms with Crippen LogP contribution >= 0.6 is 11.6 Å². The first-order valence-electron chi connectivity index (χ1n) is 11.0. The monoisotopic (exact) mass is 438 g/mol. The number of aromatic nitrogens is 2. The number of hydrogen-bond donors (Lipinski definition) is 1. The molecule has 0 unspecified atom stereocenters. The second-order valence-corrected chi connectivity index (χ2v) is 8.84. The molecular formula is C25H27ClN2O3. The van der Waals surface area contributed by atoms with Crippen molar-refractivity contribution in [3.63, 3.8) is 0 Å². The maximum absolute atomic E-state index is 12.8. The third kappa shape index (κ3) is 5.16. The number of imidazole rings is 1. The largest absolute Gasteiger partial charge is 0.481 e. The van der Waals surface area contributed by atoms with E-state index in [0.717, 1.165) is 17.6 Å². The Balaban J connectivity index is 1.62. The molecule has 6 heteroatoms. The van der Waals surface area contributed by atoms with Gasteiger partial charge in [-0.2, -0.15) is 0 Å². The highest BCUT2D eigenvalue weighted by atomic mass is 35.5. The third-order valence-corrected chi connectivity index (χ3v) is 6.41. The topological polar surface area (TPSA) is 72.2 Å². The van der Waals surface area contributed by atoms with Crippen LogP contribution in [0.5, 0.6) is 0 Å². The van der Waals surface area contributed by atoms with E-state index in [0.29, 0.717) is 40.7 Å². The van der Waals surface area contributed by atoms with Crippen molar-refractivity contribution in [2.24, 2.45) is 5.92 Å². The lowest BCUT2D eigenvalue weighted by atomic mass is 9.85. The molecule has 0 aliphatic heterocycles. The summed E-state index contributed by atoms with van der Waals surface area (Å²) >= 11 is 6.19. The Morgan fingerprint density at radius 1 is 1.06 bits per heavy atom. The van der Waals surface area contributed by atoms with E-state index >= 15 is 0 Å². The van der Waals surface area contributed by atoms with Gasteiger partial charge in [0.2, 0.25) is 0 Å². The normalized spacial score (nSPS) is 14.7. The lowest BCUT2D eigenvalue weighted by Crippen LogP contribution is -2.09. The number of carboxylic acid groups (broad SMARTS) is 1. The van der Waals surface area contributed by atoms with E-state index in [1.807, 2.05) is 41.0 Å². The maximum atomic E-state index is 12.8. The van der Waals surface area contributed by atoms with Crippen LogP contribution < -0.4 is 0 Å². The third-order valence-electron chi connectivity index (χ3n) is 6.18. The quantitative estimate of drug-likeness (QED) is 0.422. The summed E-state index contributed by atoms with van der Waals surface area (Å²) in [5.41, 5.74) is 3.03. The van der Waals surface area contributed by atoms with Gasteiger partial charge in [0.1, 0.15) is 5.82 Å². The molecule has 4 rings (SSSR count). The van der Waals surface area contributed by atoms with Gasteiger partial charge >= 0.3 is 5.97 Å². The summed E-state index contributed by atoms with van der Waals surface area (Å²) in [6, 6.07) is 13.0. The average molecular weight is 439 g/mol. The summed E-state index contributed by atoms with van der Waals surface area (Å²) in [4.78, 5) is 28.6. The minimum absolute atomic E-state index is 0.0168. The minimum atomic E-state index is -0.872. The number of aliphatic carboxylic acids is 1. The van der Waals surface area contributed by atoms with E-state index in [2.05, 4.69) is 4.98 Å². The van der Waals surface area contributed by atoms with Gasteiger partial charge in [-0.25, -0.2) is 4.98 Å². The van der Waals surface area contributed by atoms with E-state index in [4.69, 9.17) is 16.7 Å². The van der Waals surface area contributed by atoms with E-state index in [9.17, 15) is 9.59 Å². The van der Waals surface area contributed by atoms with E-state index in [1.165, 1.54) is 32.1 Å². The van der Waals surface area contributed by atoms with Crippen molar-refractivity contribution in [1.29, 1.82) is 0 Å². The van der Waals surface area contributed by atoms with Crippen molar-refractivity contribution < 1.29 is 14.7 Å². The first kappa shape index (κ1) is 21.6. The highest BCUT2D eigenvalue weighted by molar-refractivity contribution is 6.30. The van der Waals surface area contributed by atoms with Gasteiger partial charge in [0, 0.05) is 29.1 Å². The van der Waals surface area contributed by atoms with Crippen LogP contribution in [-0.4, -0.2) is 26.4 Å². The number of carbonyl (C=O) groups excluding carboxylic acids is 1. The summed E-state index contributed by atoms with van der Waals surface area (Å²) in [5.74, 6) is 0.595. The smallest absolute Gasteiger partial charge is 0.303 e. The van der Waals surface area contributed by atoms with Crippen LogP contribution in [0.3, 0.4) is 0 Å². The first-order valence-corrected chi connectivity index (χ1v) is 11.4. The number of carboxylic acids is 1. The molecule has 0 saturated heterocycles. The number of aryl methyl sites for hydroxylation is 1. The number of ketones is 1. The summed E-state index contributed by atoms with van der Waals surface area (Å²) < 4.78 is 1.93. The van der Waals surface area contributed by atoms with Gasteiger partial charge in [0.05, 0.1) is 17.5 Å². The number of nitrogens with zero attached hydrogens (tertiary/aromatic N) is 2. The van der Waals surface area contributed by atoms with Crippen LogP contribution in [0.4, 0.5) is 0 Å². The van der Waals surface area contributed by atoms with Crippen LogP contribution in [0, 0.1) is 5.92 Å². The molecule has 1 aliphatic carbocycles. The molecule has 0 spiro atoms. The van der Waals surface area contributed by atoms with Crippen molar-refractivity contribution in [1.82, 2.24) is 9.55 Å². The van der Waals surface area contributed by atoms with Crippen LogP contribution in [0.2, 0.25) is 5.02 Å². The molecule has 31 heavy (non-hydrogen) atoms. The molecule has 3 aromatic rings. The number of carbonyl (C=O) groups is 2. The van der Waals surface area contributed by atoms with Crippen molar-refractivity contribution in [3.05, 3.63) is 58.9 Å². The Kier molecular flexibility index (Phi) is 6.71. The van der Waals surface area contributed by atoms with Gasteiger partial charge < -0.3 is 5.11 Å². The number of halogens is 1. The molecule has 2 aromatic carbocycles. The lowest BCUT2D eigenvalue weighted by molar-refractivity contribution is -0.137. The van der Waals surface area contributed by atoms with Crippen molar-refractivity contribution in [2.45, 2.75) is 57.8 Å². The molecule has 1 saturated carbocycles. The molecule has 0 bridgehead atoms. The predicted molar refractivity (Wildman–Crippen MR) is 122 cm³/mol. The van der Waals surface area contributed by atoms with Crippen molar-refractivity contribution in [2.75, 3.05) is 0 Å². The second-order valence-electron chi connectivity index (χ2n) is 8.41. The molecule has 5 nitrogen and oxygen atoms in total. The van der Waals surface area contributed by atoms with Crippen LogP contribution in [0.25, 0.3) is 16.7 Å². The zero-order valence-electron chi connectivity index (χ0n) is 17.5. The molecule has 0 atom stereocenters. The van der Waals surface area contributed by atoms with E-state index < -0.39 is 5.97 Å². The van der Waals surface area contributed by atoms with Gasteiger partial charge in [-0.05, 0) is 48.7 Å². The Morgan fingerprint density at radius 3 is 2.61 bits per heavy atom. The number of fused-ring (bicyclic) bond motifs is 1. The van der Waals surface area contributed by atoms with Gasteiger partial charge in [-0.15, -0.1) is 0 Å². The highest BCUT2D eigenvalue weighted by Gasteiger charge is 2.18. The fourth-order valence-electron chi connectivity index (χ4n) is 4.55. The average Bonchev–Trinajstić information content (AvgIpc) is 3.14. The Hall–Kier alpha value is -2.66. The maximum Gasteiger partial charge on any atom is 0.303 e.